The molecule has 1 unspecified atom stereocenters. The first kappa shape index (κ1) is 13.5. The van der Waals surface area contributed by atoms with Crippen molar-refractivity contribution >= 4 is 17.0 Å². The number of anilines is 1. The molecule has 1 heterocycles. The lowest BCUT2D eigenvalue weighted by Gasteiger charge is -2.14. The van der Waals surface area contributed by atoms with Crippen molar-refractivity contribution in [3.8, 4) is 5.75 Å². The van der Waals surface area contributed by atoms with Crippen LogP contribution in [-0.4, -0.2) is 7.11 Å². The summed E-state index contributed by atoms with van der Waals surface area (Å²) in [6, 6.07) is 10.9. The van der Waals surface area contributed by atoms with E-state index in [0.717, 1.165) is 11.4 Å². The third-order valence-electron chi connectivity index (χ3n) is 3.90. The van der Waals surface area contributed by atoms with Gasteiger partial charge < -0.3 is 10.1 Å². The van der Waals surface area contributed by atoms with Gasteiger partial charge in [-0.05, 0) is 56.4 Å². The molecule has 2 nitrogen and oxygen atoms in total. The van der Waals surface area contributed by atoms with Crippen LogP contribution in [0.4, 0.5) is 5.69 Å². The van der Waals surface area contributed by atoms with Crippen LogP contribution >= 0.6 is 11.3 Å². The lowest BCUT2D eigenvalue weighted by Crippen LogP contribution is -2.04. The van der Waals surface area contributed by atoms with E-state index in [1.54, 1.807) is 17.6 Å². The van der Waals surface area contributed by atoms with Gasteiger partial charge in [-0.25, -0.2) is 0 Å². The Morgan fingerprint density at radius 1 is 1.20 bits per heavy atom. The molecule has 0 saturated heterocycles. The van der Waals surface area contributed by atoms with Crippen molar-refractivity contribution in [3.05, 3.63) is 45.6 Å². The summed E-state index contributed by atoms with van der Waals surface area (Å²) in [5, 5.41) is 3.57. The highest BCUT2D eigenvalue weighted by molar-refractivity contribution is 7.12. The van der Waals surface area contributed by atoms with E-state index in [2.05, 4.69) is 24.4 Å². The zero-order valence-electron chi connectivity index (χ0n) is 12.1. The highest BCUT2D eigenvalue weighted by Crippen LogP contribution is 2.34. The van der Waals surface area contributed by atoms with E-state index in [0.29, 0.717) is 6.04 Å². The van der Waals surface area contributed by atoms with Crippen LogP contribution < -0.4 is 10.1 Å². The molecule has 1 atom stereocenters. The van der Waals surface area contributed by atoms with Gasteiger partial charge in [0.05, 0.1) is 13.2 Å². The minimum Gasteiger partial charge on any atom is -0.497 e. The van der Waals surface area contributed by atoms with Crippen molar-refractivity contribution in [2.75, 3.05) is 12.4 Å². The second kappa shape index (κ2) is 5.88. The molecule has 0 radical (unpaired) electrons. The molecule has 3 heteroatoms. The molecule has 106 valence electrons. The Kier molecular flexibility index (Phi) is 3.97. The van der Waals surface area contributed by atoms with Crippen LogP contribution in [0.15, 0.2) is 30.3 Å². The van der Waals surface area contributed by atoms with E-state index in [-0.39, 0.29) is 0 Å². The fraction of sp³-hybridized carbons (Fsp3) is 0.412. The number of aryl methyl sites for hydroxylation is 2. The van der Waals surface area contributed by atoms with E-state index in [1.165, 1.54) is 30.6 Å². The third kappa shape index (κ3) is 2.83. The molecule has 20 heavy (non-hydrogen) atoms. The van der Waals surface area contributed by atoms with Crippen LogP contribution in [0.1, 0.15) is 41.1 Å². The van der Waals surface area contributed by atoms with E-state index in [9.17, 15) is 0 Å². The van der Waals surface area contributed by atoms with E-state index >= 15 is 0 Å². The molecule has 0 aliphatic heterocycles. The summed E-state index contributed by atoms with van der Waals surface area (Å²) in [5.74, 6) is 0.896. The minimum atomic E-state index is 0.345. The number of thiophene rings is 1. The Hall–Kier alpha value is -1.48. The van der Waals surface area contributed by atoms with Crippen LogP contribution in [0.2, 0.25) is 0 Å². The van der Waals surface area contributed by atoms with Crippen molar-refractivity contribution in [2.45, 2.75) is 38.6 Å². The molecule has 1 aromatic carbocycles. The van der Waals surface area contributed by atoms with Gasteiger partial charge in [-0.15, -0.1) is 11.3 Å². The van der Waals surface area contributed by atoms with Gasteiger partial charge in [-0.1, -0.05) is 6.07 Å². The van der Waals surface area contributed by atoms with Gasteiger partial charge in [0.1, 0.15) is 5.75 Å². The van der Waals surface area contributed by atoms with Crippen molar-refractivity contribution in [3.63, 3.8) is 0 Å². The quantitative estimate of drug-likeness (QED) is 0.871. The van der Waals surface area contributed by atoms with Gasteiger partial charge in [0.25, 0.3) is 0 Å². The number of nitrogens with one attached hydrogen (secondary N) is 1. The van der Waals surface area contributed by atoms with Crippen LogP contribution in [0.25, 0.3) is 0 Å². The first-order valence-corrected chi connectivity index (χ1v) is 8.10. The van der Waals surface area contributed by atoms with Crippen LogP contribution in [0.5, 0.6) is 5.75 Å². The van der Waals surface area contributed by atoms with E-state index in [4.69, 9.17) is 4.74 Å². The zero-order chi connectivity index (χ0) is 13.9. The van der Waals surface area contributed by atoms with Gasteiger partial charge in [0, 0.05) is 21.5 Å². The van der Waals surface area contributed by atoms with Crippen molar-refractivity contribution in [2.24, 2.45) is 0 Å². The molecule has 1 aromatic heterocycles. The third-order valence-corrected chi connectivity index (χ3v) is 5.32. The summed E-state index contributed by atoms with van der Waals surface area (Å²) in [4.78, 5) is 3.05. The monoisotopic (exact) mass is 287 g/mol. The van der Waals surface area contributed by atoms with Gasteiger partial charge in [0.2, 0.25) is 0 Å². The maximum Gasteiger partial charge on any atom is 0.120 e. The summed E-state index contributed by atoms with van der Waals surface area (Å²) in [6.07, 6.45) is 5.23. The Labute approximate surface area is 124 Å². The first-order valence-electron chi connectivity index (χ1n) is 7.28. The fourth-order valence-electron chi connectivity index (χ4n) is 2.76. The van der Waals surface area contributed by atoms with E-state index < -0.39 is 0 Å². The van der Waals surface area contributed by atoms with Crippen LogP contribution in [0.3, 0.4) is 0 Å². The molecule has 2 aromatic rings. The standard InChI is InChI=1S/C17H21NOS/c1-12(18-14-7-5-8-15(11-14)19-2)17-10-13-6-3-4-9-16(13)20-17/h5,7-8,10-12,18H,3-4,6,9H2,1-2H3. The number of ether oxygens (including phenoxy) is 1. The summed E-state index contributed by atoms with van der Waals surface area (Å²) in [7, 11) is 1.70. The molecule has 1 aliphatic rings. The summed E-state index contributed by atoms with van der Waals surface area (Å²) in [6.45, 7) is 2.23. The van der Waals surface area contributed by atoms with Crippen molar-refractivity contribution < 1.29 is 4.74 Å². The first-order chi connectivity index (χ1) is 9.76. The topological polar surface area (TPSA) is 21.3 Å². The van der Waals surface area contributed by atoms with Gasteiger partial charge in [-0.2, -0.15) is 0 Å². The summed E-state index contributed by atoms with van der Waals surface area (Å²) in [5.41, 5.74) is 2.69. The maximum atomic E-state index is 5.27. The normalized spacial score (nSPS) is 15.5. The summed E-state index contributed by atoms with van der Waals surface area (Å²) >= 11 is 1.98. The molecule has 1 N–H and O–H groups in total. The zero-order valence-corrected chi connectivity index (χ0v) is 12.9. The molecular weight excluding hydrogens is 266 g/mol. The lowest BCUT2D eigenvalue weighted by atomic mass is 9.99. The van der Waals surface area contributed by atoms with Gasteiger partial charge in [0.15, 0.2) is 0 Å². The predicted molar refractivity (Wildman–Crippen MR) is 86.0 cm³/mol. The molecule has 0 saturated carbocycles. The number of hydrogen-bond donors (Lipinski definition) is 1. The molecule has 0 fully saturated rings. The SMILES string of the molecule is COc1cccc(NC(C)c2cc3c(s2)CCCC3)c1. The predicted octanol–water partition coefficient (Wildman–Crippen LogP) is 4.81. The molecule has 0 bridgehead atoms. The lowest BCUT2D eigenvalue weighted by molar-refractivity contribution is 0.415. The number of benzene rings is 1. The second-order valence-electron chi connectivity index (χ2n) is 5.40. The highest BCUT2D eigenvalue weighted by atomic mass is 32.1. The van der Waals surface area contributed by atoms with Crippen LogP contribution in [-0.2, 0) is 12.8 Å². The number of fused-ring (bicyclic) bond motifs is 1. The molecule has 0 spiro atoms. The largest absolute Gasteiger partial charge is 0.497 e. The highest BCUT2D eigenvalue weighted by Gasteiger charge is 2.16. The molecular formula is C17H21NOS. The second-order valence-corrected chi connectivity index (χ2v) is 6.57. The van der Waals surface area contributed by atoms with Gasteiger partial charge >= 0.3 is 0 Å². The van der Waals surface area contributed by atoms with Crippen LogP contribution in [0, 0.1) is 0 Å². The molecule has 3 rings (SSSR count). The molecule has 0 amide bonds. The molecule has 1 aliphatic carbocycles. The Morgan fingerprint density at radius 2 is 2.05 bits per heavy atom. The number of rotatable bonds is 4. The smallest absolute Gasteiger partial charge is 0.120 e. The average Bonchev–Trinajstić information content (AvgIpc) is 2.91. The average molecular weight is 287 g/mol. The van der Waals surface area contributed by atoms with E-state index in [1.807, 2.05) is 29.5 Å². The fourth-order valence-corrected chi connectivity index (χ4v) is 4.02. The Morgan fingerprint density at radius 3 is 2.85 bits per heavy atom. The van der Waals surface area contributed by atoms with Gasteiger partial charge in [-0.3, -0.25) is 0 Å². The Bertz CT molecular complexity index is 567. The van der Waals surface area contributed by atoms with Crippen molar-refractivity contribution in [1.29, 1.82) is 0 Å². The summed E-state index contributed by atoms with van der Waals surface area (Å²) < 4.78 is 5.27. The maximum absolute atomic E-state index is 5.27. The minimum absolute atomic E-state index is 0.345. The number of hydrogen-bond acceptors (Lipinski definition) is 3. The van der Waals surface area contributed by atoms with Crippen molar-refractivity contribution in [1.82, 2.24) is 0 Å². The Balaban J connectivity index is 1.75. The number of methoxy groups -OCH3 is 1.